The van der Waals surface area contributed by atoms with Gasteiger partial charge in [-0.15, -0.1) is 0 Å². The van der Waals surface area contributed by atoms with E-state index >= 15 is 0 Å². The second-order valence-corrected chi connectivity index (χ2v) is 9.31. The molecule has 0 spiro atoms. The highest BCUT2D eigenvalue weighted by Crippen LogP contribution is 2.50. The Morgan fingerprint density at radius 1 is 0.481 bits per heavy atom. The van der Waals surface area contributed by atoms with Crippen molar-refractivity contribution in [1.82, 2.24) is 0 Å². The Labute approximate surface area is 174 Å². The first-order chi connectivity index (χ1) is 13.2. The molecule has 0 N–H and O–H groups in total. The maximum absolute atomic E-state index is 2.53. The summed E-state index contributed by atoms with van der Waals surface area (Å²) in [5.41, 5.74) is 0.621. The van der Waals surface area contributed by atoms with Gasteiger partial charge in [0.25, 0.3) is 0 Å². The lowest BCUT2D eigenvalue weighted by Gasteiger charge is -2.47. The zero-order valence-corrected chi connectivity index (χ0v) is 20.4. The molecule has 0 rings (SSSR count). The molecule has 0 aromatic carbocycles. The molecule has 0 saturated carbocycles. The normalized spacial score (nSPS) is 16.2. The van der Waals surface area contributed by atoms with Crippen LogP contribution in [0.2, 0.25) is 0 Å². The van der Waals surface area contributed by atoms with E-state index in [2.05, 4.69) is 41.5 Å². The SMILES string of the molecule is CCCCCCCC(CC)C(CC)(CCCCCCC)C(CC)CCCC. The molecular formula is C27H56. The molecule has 0 radical (unpaired) electrons. The van der Waals surface area contributed by atoms with Crippen LogP contribution >= 0.6 is 0 Å². The summed E-state index contributed by atoms with van der Waals surface area (Å²) in [6.07, 6.45) is 25.9. The number of hydrogen-bond donors (Lipinski definition) is 0. The zero-order valence-electron chi connectivity index (χ0n) is 20.4. The van der Waals surface area contributed by atoms with E-state index in [0.29, 0.717) is 5.41 Å². The van der Waals surface area contributed by atoms with Crippen LogP contribution in [0.1, 0.15) is 157 Å². The highest BCUT2D eigenvalue weighted by Gasteiger charge is 2.40. The fraction of sp³-hybridized carbons (Fsp3) is 1.00. The summed E-state index contributed by atoms with van der Waals surface area (Å²) in [6.45, 7) is 14.5. The summed E-state index contributed by atoms with van der Waals surface area (Å²) in [7, 11) is 0. The molecule has 3 atom stereocenters. The molecule has 0 aliphatic heterocycles. The van der Waals surface area contributed by atoms with E-state index in [0.717, 1.165) is 11.8 Å². The van der Waals surface area contributed by atoms with E-state index in [-0.39, 0.29) is 0 Å². The third-order valence-electron chi connectivity index (χ3n) is 7.58. The van der Waals surface area contributed by atoms with E-state index in [4.69, 9.17) is 0 Å². The van der Waals surface area contributed by atoms with Crippen LogP contribution in [0.15, 0.2) is 0 Å². The standard InChI is InChI=1S/C27H56/c1-7-13-16-18-20-23-26(11-5)27(12-6,24-21-19-17-14-8-2)25(10-4)22-15-9-3/h25-26H,7-24H2,1-6H3. The van der Waals surface area contributed by atoms with Gasteiger partial charge < -0.3 is 0 Å². The van der Waals surface area contributed by atoms with Crippen LogP contribution < -0.4 is 0 Å². The second-order valence-electron chi connectivity index (χ2n) is 9.31. The van der Waals surface area contributed by atoms with Crippen LogP contribution in [0.25, 0.3) is 0 Å². The minimum atomic E-state index is 0.621. The van der Waals surface area contributed by atoms with Crippen molar-refractivity contribution in [1.29, 1.82) is 0 Å². The fourth-order valence-corrected chi connectivity index (χ4v) is 5.79. The van der Waals surface area contributed by atoms with Gasteiger partial charge in [-0.05, 0) is 42.9 Å². The van der Waals surface area contributed by atoms with Crippen LogP contribution in [0.4, 0.5) is 0 Å². The van der Waals surface area contributed by atoms with Crippen molar-refractivity contribution in [3.05, 3.63) is 0 Å². The Morgan fingerprint density at radius 2 is 0.926 bits per heavy atom. The molecule has 3 unspecified atom stereocenters. The maximum atomic E-state index is 2.53. The smallest absolute Gasteiger partial charge is 0.0244 e. The number of hydrogen-bond acceptors (Lipinski definition) is 0. The van der Waals surface area contributed by atoms with Gasteiger partial charge in [0.15, 0.2) is 0 Å². The highest BCUT2D eigenvalue weighted by molar-refractivity contribution is 4.90. The van der Waals surface area contributed by atoms with Crippen LogP contribution in [-0.4, -0.2) is 0 Å². The van der Waals surface area contributed by atoms with Crippen molar-refractivity contribution >= 4 is 0 Å². The average molecular weight is 381 g/mol. The maximum Gasteiger partial charge on any atom is -0.0244 e. The third-order valence-corrected chi connectivity index (χ3v) is 7.58. The van der Waals surface area contributed by atoms with Crippen molar-refractivity contribution in [3.63, 3.8) is 0 Å². The lowest BCUT2D eigenvalue weighted by atomic mass is 9.58. The average Bonchev–Trinajstić information content (AvgIpc) is 2.69. The van der Waals surface area contributed by atoms with Crippen LogP contribution in [0.5, 0.6) is 0 Å². The summed E-state index contributed by atoms with van der Waals surface area (Å²) >= 11 is 0. The predicted molar refractivity (Wildman–Crippen MR) is 127 cm³/mol. The molecule has 0 nitrogen and oxygen atoms in total. The Hall–Kier alpha value is 0. The molecule has 0 aromatic rings. The molecule has 0 aliphatic rings. The molecule has 0 aliphatic carbocycles. The van der Waals surface area contributed by atoms with Crippen molar-refractivity contribution < 1.29 is 0 Å². The monoisotopic (exact) mass is 380 g/mol. The van der Waals surface area contributed by atoms with E-state index in [1.165, 1.54) is 116 Å². The number of rotatable bonds is 20. The molecule has 0 amide bonds. The second kappa shape index (κ2) is 18.1. The van der Waals surface area contributed by atoms with Crippen molar-refractivity contribution in [2.75, 3.05) is 0 Å². The Balaban J connectivity index is 5.09. The molecule has 0 bridgehead atoms. The summed E-state index contributed by atoms with van der Waals surface area (Å²) < 4.78 is 0. The summed E-state index contributed by atoms with van der Waals surface area (Å²) in [5, 5.41) is 0. The lowest BCUT2D eigenvalue weighted by Crippen LogP contribution is -2.38. The van der Waals surface area contributed by atoms with Crippen molar-refractivity contribution in [3.8, 4) is 0 Å². The lowest BCUT2D eigenvalue weighted by molar-refractivity contribution is 0.0293. The van der Waals surface area contributed by atoms with Crippen LogP contribution in [0.3, 0.4) is 0 Å². The Kier molecular flexibility index (Phi) is 18.1. The molecular weight excluding hydrogens is 324 g/mol. The molecule has 0 heteroatoms. The summed E-state index contributed by atoms with van der Waals surface area (Å²) in [5.74, 6) is 1.91. The Morgan fingerprint density at radius 3 is 1.37 bits per heavy atom. The highest BCUT2D eigenvalue weighted by atomic mass is 14.5. The van der Waals surface area contributed by atoms with Gasteiger partial charge in [-0.25, -0.2) is 0 Å². The molecule has 164 valence electrons. The molecule has 0 heterocycles. The first-order valence-corrected chi connectivity index (χ1v) is 13.2. The molecule has 27 heavy (non-hydrogen) atoms. The first-order valence-electron chi connectivity index (χ1n) is 13.2. The quantitative estimate of drug-likeness (QED) is 0.184. The first kappa shape index (κ1) is 27.0. The van der Waals surface area contributed by atoms with E-state index in [9.17, 15) is 0 Å². The van der Waals surface area contributed by atoms with E-state index in [1.54, 1.807) is 0 Å². The van der Waals surface area contributed by atoms with Gasteiger partial charge in [-0.3, -0.25) is 0 Å². The van der Waals surface area contributed by atoms with Gasteiger partial charge in [-0.2, -0.15) is 0 Å². The predicted octanol–water partition coefficient (Wildman–Crippen LogP) is 10.3. The third kappa shape index (κ3) is 10.4. The van der Waals surface area contributed by atoms with Gasteiger partial charge in [0, 0.05) is 0 Å². The van der Waals surface area contributed by atoms with E-state index < -0.39 is 0 Å². The fourth-order valence-electron chi connectivity index (χ4n) is 5.79. The summed E-state index contributed by atoms with van der Waals surface area (Å²) in [6, 6.07) is 0. The molecule has 0 aromatic heterocycles. The van der Waals surface area contributed by atoms with Gasteiger partial charge in [0.05, 0.1) is 0 Å². The van der Waals surface area contributed by atoms with Crippen molar-refractivity contribution in [2.45, 2.75) is 157 Å². The topological polar surface area (TPSA) is 0 Å². The van der Waals surface area contributed by atoms with Crippen LogP contribution in [0, 0.1) is 17.3 Å². The minimum Gasteiger partial charge on any atom is -0.0654 e. The summed E-state index contributed by atoms with van der Waals surface area (Å²) in [4.78, 5) is 0. The zero-order chi connectivity index (χ0) is 20.4. The number of unbranched alkanes of at least 4 members (excludes halogenated alkanes) is 9. The molecule has 0 saturated heterocycles. The van der Waals surface area contributed by atoms with E-state index in [1.807, 2.05) is 0 Å². The van der Waals surface area contributed by atoms with Gasteiger partial charge in [0.2, 0.25) is 0 Å². The van der Waals surface area contributed by atoms with Crippen molar-refractivity contribution in [2.24, 2.45) is 17.3 Å². The Bertz CT molecular complexity index is 294. The molecule has 0 fully saturated rings. The van der Waals surface area contributed by atoms with Crippen LogP contribution in [-0.2, 0) is 0 Å². The van der Waals surface area contributed by atoms with Gasteiger partial charge in [-0.1, -0.05) is 131 Å². The largest absolute Gasteiger partial charge is 0.0654 e. The van der Waals surface area contributed by atoms with Gasteiger partial charge in [0.1, 0.15) is 0 Å². The van der Waals surface area contributed by atoms with Gasteiger partial charge >= 0.3 is 0 Å². The minimum absolute atomic E-state index is 0.621.